The fraction of sp³-hybridized carbons (Fsp3) is 0.381. The minimum Gasteiger partial charge on any atom is -0.377 e. The first kappa shape index (κ1) is 19.4. The average Bonchev–Trinajstić information content (AvgIpc) is 3.13. The van der Waals surface area contributed by atoms with Gasteiger partial charge in [0.2, 0.25) is 5.95 Å². The van der Waals surface area contributed by atoms with Crippen molar-refractivity contribution in [2.24, 2.45) is 5.73 Å². The molecule has 1 unspecified atom stereocenters. The van der Waals surface area contributed by atoms with E-state index in [2.05, 4.69) is 16.3 Å². The minimum absolute atomic E-state index is 0.0657. The Morgan fingerprint density at radius 3 is 3.00 bits per heavy atom. The van der Waals surface area contributed by atoms with Crippen LogP contribution in [0.5, 0.6) is 0 Å². The van der Waals surface area contributed by atoms with E-state index in [1.165, 1.54) is 11.3 Å². The number of anilines is 2. The average molecular weight is 409 g/mol. The SMILES string of the molecule is CCNc1cc2nc(N3CCCC(N)C3)n(Cc3ccccc3C#N)c(=O)c2s1. The molecule has 8 heteroatoms. The molecule has 1 aliphatic heterocycles. The first-order valence-electron chi connectivity index (χ1n) is 9.87. The molecule has 0 radical (unpaired) electrons. The van der Waals surface area contributed by atoms with E-state index in [-0.39, 0.29) is 11.6 Å². The van der Waals surface area contributed by atoms with Crippen LogP contribution in [0.25, 0.3) is 10.2 Å². The van der Waals surface area contributed by atoms with Gasteiger partial charge in [-0.2, -0.15) is 5.26 Å². The normalized spacial score (nSPS) is 16.7. The molecule has 4 rings (SSSR count). The van der Waals surface area contributed by atoms with Crippen LogP contribution >= 0.6 is 11.3 Å². The van der Waals surface area contributed by atoms with Crippen molar-refractivity contribution in [1.82, 2.24) is 9.55 Å². The van der Waals surface area contributed by atoms with Gasteiger partial charge in [0, 0.05) is 25.7 Å². The van der Waals surface area contributed by atoms with Crippen LogP contribution in [-0.4, -0.2) is 35.2 Å². The first-order chi connectivity index (χ1) is 14.1. The van der Waals surface area contributed by atoms with E-state index >= 15 is 0 Å². The number of nitrogens with zero attached hydrogens (tertiary/aromatic N) is 4. The third-order valence-electron chi connectivity index (χ3n) is 5.17. The number of benzene rings is 1. The lowest BCUT2D eigenvalue weighted by atomic mass is 10.1. The van der Waals surface area contributed by atoms with Crippen molar-refractivity contribution in [2.75, 3.05) is 29.9 Å². The maximum absolute atomic E-state index is 13.5. The summed E-state index contributed by atoms with van der Waals surface area (Å²) in [5, 5.41) is 13.7. The lowest BCUT2D eigenvalue weighted by Gasteiger charge is -2.33. The molecule has 1 aliphatic rings. The Balaban J connectivity index is 1.87. The van der Waals surface area contributed by atoms with Gasteiger partial charge in [-0.1, -0.05) is 18.2 Å². The van der Waals surface area contributed by atoms with Crippen LogP contribution in [0.4, 0.5) is 10.9 Å². The van der Waals surface area contributed by atoms with E-state index in [0.29, 0.717) is 34.8 Å². The number of nitriles is 1. The van der Waals surface area contributed by atoms with Crippen molar-refractivity contribution in [3.8, 4) is 6.07 Å². The molecule has 0 amide bonds. The number of nitrogens with one attached hydrogen (secondary N) is 1. The summed E-state index contributed by atoms with van der Waals surface area (Å²) in [7, 11) is 0. The summed E-state index contributed by atoms with van der Waals surface area (Å²) in [5.41, 5.74) is 8.20. The van der Waals surface area contributed by atoms with E-state index in [0.717, 1.165) is 36.5 Å². The Bertz CT molecular complexity index is 1130. The Kier molecular flexibility index (Phi) is 5.51. The van der Waals surface area contributed by atoms with E-state index < -0.39 is 0 Å². The highest BCUT2D eigenvalue weighted by Crippen LogP contribution is 2.29. The zero-order valence-electron chi connectivity index (χ0n) is 16.4. The number of piperidine rings is 1. The first-order valence-corrected chi connectivity index (χ1v) is 10.7. The number of nitrogens with two attached hydrogens (primary N) is 1. The lowest BCUT2D eigenvalue weighted by Crippen LogP contribution is -2.45. The van der Waals surface area contributed by atoms with Gasteiger partial charge in [0.05, 0.1) is 28.7 Å². The van der Waals surface area contributed by atoms with Crippen LogP contribution in [0.15, 0.2) is 35.1 Å². The molecule has 3 N–H and O–H groups in total. The summed E-state index contributed by atoms with van der Waals surface area (Å²) in [6.45, 7) is 4.60. The van der Waals surface area contributed by atoms with Gasteiger partial charge in [-0.3, -0.25) is 9.36 Å². The van der Waals surface area contributed by atoms with Crippen molar-refractivity contribution in [2.45, 2.75) is 32.4 Å². The fourth-order valence-electron chi connectivity index (χ4n) is 3.77. The summed E-state index contributed by atoms with van der Waals surface area (Å²) in [4.78, 5) is 20.4. The maximum Gasteiger partial charge on any atom is 0.273 e. The lowest BCUT2D eigenvalue weighted by molar-refractivity contribution is 0.492. The molecule has 3 aromatic rings. The molecule has 150 valence electrons. The maximum atomic E-state index is 13.5. The van der Waals surface area contributed by atoms with Gasteiger partial charge in [-0.05, 0) is 37.5 Å². The van der Waals surface area contributed by atoms with Crippen LogP contribution in [0.2, 0.25) is 0 Å². The molecule has 1 fully saturated rings. The standard InChI is InChI=1S/C21H24N6OS/c1-2-24-18-10-17-19(29-18)20(28)27(12-15-7-4-3-6-14(15)11-22)21(25-17)26-9-5-8-16(23)13-26/h3-4,6-7,10,16,24H,2,5,8-9,12-13,23H2,1H3. The van der Waals surface area contributed by atoms with Gasteiger partial charge >= 0.3 is 0 Å². The summed E-state index contributed by atoms with van der Waals surface area (Å²) in [6, 6.07) is 11.6. The monoisotopic (exact) mass is 408 g/mol. The van der Waals surface area contributed by atoms with Gasteiger partial charge in [0.15, 0.2) is 0 Å². The largest absolute Gasteiger partial charge is 0.377 e. The predicted octanol–water partition coefficient (Wildman–Crippen LogP) is 2.74. The van der Waals surface area contributed by atoms with Crippen molar-refractivity contribution < 1.29 is 0 Å². The zero-order valence-corrected chi connectivity index (χ0v) is 17.2. The van der Waals surface area contributed by atoms with Crippen LogP contribution in [-0.2, 0) is 6.54 Å². The number of hydrogen-bond acceptors (Lipinski definition) is 7. The van der Waals surface area contributed by atoms with Crippen LogP contribution < -0.4 is 21.5 Å². The second-order valence-electron chi connectivity index (χ2n) is 7.28. The van der Waals surface area contributed by atoms with E-state index in [9.17, 15) is 10.1 Å². The topological polar surface area (TPSA) is 100.0 Å². The van der Waals surface area contributed by atoms with Gasteiger partial charge in [-0.15, -0.1) is 11.3 Å². The number of aromatic nitrogens is 2. The van der Waals surface area contributed by atoms with Gasteiger partial charge in [0.25, 0.3) is 5.56 Å². The van der Waals surface area contributed by atoms with Crippen LogP contribution in [0, 0.1) is 11.3 Å². The molecule has 2 aromatic heterocycles. The Hall–Kier alpha value is -2.89. The van der Waals surface area contributed by atoms with Crippen LogP contribution in [0.3, 0.4) is 0 Å². The molecule has 0 spiro atoms. The Morgan fingerprint density at radius 2 is 2.24 bits per heavy atom. The highest BCUT2D eigenvalue weighted by Gasteiger charge is 2.24. The van der Waals surface area contributed by atoms with E-state index in [4.69, 9.17) is 10.7 Å². The second kappa shape index (κ2) is 8.23. The molecule has 1 aromatic carbocycles. The van der Waals surface area contributed by atoms with Crippen molar-refractivity contribution in [3.05, 3.63) is 51.8 Å². The predicted molar refractivity (Wildman–Crippen MR) is 118 cm³/mol. The van der Waals surface area contributed by atoms with E-state index in [1.54, 1.807) is 10.6 Å². The minimum atomic E-state index is -0.0777. The fourth-order valence-corrected chi connectivity index (χ4v) is 4.79. The van der Waals surface area contributed by atoms with Crippen LogP contribution in [0.1, 0.15) is 30.9 Å². The number of fused-ring (bicyclic) bond motifs is 1. The third-order valence-corrected chi connectivity index (χ3v) is 6.24. The number of thiophene rings is 1. The van der Waals surface area contributed by atoms with Crippen molar-refractivity contribution >= 4 is 32.5 Å². The summed E-state index contributed by atoms with van der Waals surface area (Å²) in [5.74, 6) is 0.631. The summed E-state index contributed by atoms with van der Waals surface area (Å²) < 4.78 is 2.32. The Labute approximate surface area is 173 Å². The number of rotatable bonds is 5. The van der Waals surface area contributed by atoms with Gasteiger partial charge < -0.3 is 16.0 Å². The molecule has 0 bridgehead atoms. The summed E-state index contributed by atoms with van der Waals surface area (Å²) >= 11 is 1.42. The quantitative estimate of drug-likeness (QED) is 0.673. The van der Waals surface area contributed by atoms with Crippen molar-refractivity contribution in [1.29, 1.82) is 5.26 Å². The summed E-state index contributed by atoms with van der Waals surface area (Å²) in [6.07, 6.45) is 1.94. The third kappa shape index (κ3) is 3.84. The molecule has 0 aliphatic carbocycles. The highest BCUT2D eigenvalue weighted by molar-refractivity contribution is 7.22. The second-order valence-corrected chi connectivity index (χ2v) is 8.33. The molecule has 7 nitrogen and oxygen atoms in total. The Morgan fingerprint density at radius 1 is 1.41 bits per heavy atom. The highest BCUT2D eigenvalue weighted by atomic mass is 32.1. The molecule has 0 saturated carbocycles. The number of hydrogen-bond donors (Lipinski definition) is 2. The zero-order chi connectivity index (χ0) is 20.4. The molecular weight excluding hydrogens is 384 g/mol. The molecular formula is C21H24N6OS. The van der Waals surface area contributed by atoms with E-state index in [1.807, 2.05) is 31.2 Å². The molecule has 1 saturated heterocycles. The van der Waals surface area contributed by atoms with Crippen molar-refractivity contribution in [3.63, 3.8) is 0 Å². The smallest absolute Gasteiger partial charge is 0.273 e. The molecule has 29 heavy (non-hydrogen) atoms. The molecule has 1 atom stereocenters. The molecule has 3 heterocycles. The van der Waals surface area contributed by atoms with Gasteiger partial charge in [-0.25, -0.2) is 4.98 Å². The van der Waals surface area contributed by atoms with Gasteiger partial charge in [0.1, 0.15) is 4.70 Å².